The van der Waals surface area contributed by atoms with Crippen molar-refractivity contribution in [3.8, 4) is 0 Å². The van der Waals surface area contributed by atoms with E-state index in [1.54, 1.807) is 9.65 Å². The summed E-state index contributed by atoms with van der Waals surface area (Å²) in [5.41, 5.74) is 7.74. The summed E-state index contributed by atoms with van der Waals surface area (Å²) in [7, 11) is -5.12. The Morgan fingerprint density at radius 1 is 0.880 bits per heavy atom. The molecule has 0 bridgehead atoms. The van der Waals surface area contributed by atoms with Crippen LogP contribution in [0.1, 0.15) is 6.42 Å². The van der Waals surface area contributed by atoms with Gasteiger partial charge in [0.25, 0.3) is 0 Å². The zero-order chi connectivity index (χ0) is 20.5. The molecule has 0 heterocycles. The number of hydrogen-bond acceptors (Lipinski definition) is 3. The average Bonchev–Trinajstić information content (AvgIpc) is 2.33. The lowest BCUT2D eigenvalue weighted by molar-refractivity contribution is -0.503. The Hall–Kier alpha value is -1.55. The lowest BCUT2D eigenvalue weighted by Gasteiger charge is -2.35. The highest BCUT2D eigenvalue weighted by atomic mass is 32.2. The van der Waals surface area contributed by atoms with E-state index in [4.69, 9.17) is 5.53 Å². The van der Waals surface area contributed by atoms with Gasteiger partial charge in [-0.3, -0.25) is 4.74 Å². The highest BCUT2D eigenvalue weighted by Gasteiger charge is 2.79. The summed E-state index contributed by atoms with van der Waals surface area (Å²) in [4.78, 5) is 1.61. The lowest BCUT2D eigenvalue weighted by atomic mass is 10.2. The first-order valence-corrected chi connectivity index (χ1v) is 6.90. The van der Waals surface area contributed by atoms with Gasteiger partial charge in [0.1, 0.15) is 0 Å². The number of azide groups is 1. The molecule has 0 unspecified atom stereocenters. The molecule has 0 spiro atoms. The summed E-state index contributed by atoms with van der Waals surface area (Å²) in [5.74, 6) is -15.3. The molecule has 0 aliphatic carbocycles. The molecule has 0 N–H and O–H groups in total. The molecule has 0 atom stereocenters. The minimum atomic E-state index is -7.22. The predicted octanol–water partition coefficient (Wildman–Crippen LogP) is 4.05. The van der Waals surface area contributed by atoms with Crippen molar-refractivity contribution >= 4 is 10.0 Å². The zero-order valence-corrected chi connectivity index (χ0v) is 11.9. The van der Waals surface area contributed by atoms with Gasteiger partial charge in [-0.25, -0.2) is 8.42 Å². The van der Waals surface area contributed by atoms with Gasteiger partial charge < -0.3 is 0 Å². The Morgan fingerprint density at radius 2 is 1.28 bits per heavy atom. The third-order valence-electron chi connectivity index (χ3n) is 2.26. The molecule has 0 amide bonds. The second kappa shape index (κ2) is 6.64. The van der Waals surface area contributed by atoms with Crippen molar-refractivity contribution in [2.24, 2.45) is 4.52 Å². The molecule has 0 aromatic carbocycles. The molecule has 0 saturated carbocycles. The fourth-order valence-corrected chi connectivity index (χ4v) is 1.73. The fraction of sp³-hybridized carbons (Fsp3) is 1.00. The van der Waals surface area contributed by atoms with Crippen LogP contribution in [-0.2, 0) is 14.8 Å². The molecule has 148 valence electrons. The number of halogens is 11. The third-order valence-corrected chi connectivity index (χ3v) is 3.30. The van der Waals surface area contributed by atoms with Crippen molar-refractivity contribution in [3.63, 3.8) is 0 Å². The van der Waals surface area contributed by atoms with E-state index in [9.17, 15) is 56.7 Å². The largest absolute Gasteiger partial charge is 0.458 e. The van der Waals surface area contributed by atoms with Gasteiger partial charge in [0, 0.05) is 15.9 Å². The van der Waals surface area contributed by atoms with Crippen molar-refractivity contribution < 1.29 is 61.4 Å². The fourth-order valence-electron chi connectivity index (χ4n) is 1.03. The smallest absolute Gasteiger partial charge is 0.262 e. The number of rotatable bonds is 7. The summed E-state index contributed by atoms with van der Waals surface area (Å²) in [6, 6.07) is 0. The van der Waals surface area contributed by atoms with E-state index in [1.807, 2.05) is 4.52 Å². The van der Waals surface area contributed by atoms with Gasteiger partial charge >= 0.3 is 30.2 Å². The SMILES string of the molecule is [N-]=[N+]=NS(=O)(=O)CCC(F)(F)C(F)(F)OC(F)(C(F)(F)F)C(F)(F)F. The first kappa shape index (κ1) is 23.4. The molecule has 0 aliphatic heterocycles. The monoisotopic (exact) mass is 419 g/mol. The topological polar surface area (TPSA) is 92.1 Å². The van der Waals surface area contributed by atoms with Crippen LogP contribution in [0.5, 0.6) is 0 Å². The molecule has 0 aliphatic rings. The minimum Gasteiger partial charge on any atom is -0.262 e. The summed E-state index contributed by atoms with van der Waals surface area (Å²) in [5, 5.41) is 0. The summed E-state index contributed by atoms with van der Waals surface area (Å²) < 4.78 is 163. The Bertz CT molecular complexity index is 620. The van der Waals surface area contributed by atoms with E-state index in [2.05, 4.69) is 0 Å². The average molecular weight is 419 g/mol. The molecule has 18 heteroatoms. The van der Waals surface area contributed by atoms with Crippen LogP contribution >= 0.6 is 0 Å². The van der Waals surface area contributed by atoms with Gasteiger partial charge in [-0.15, -0.1) is 0 Å². The van der Waals surface area contributed by atoms with Crippen LogP contribution in [0.25, 0.3) is 10.4 Å². The van der Waals surface area contributed by atoms with Crippen LogP contribution in [0.2, 0.25) is 0 Å². The molecule has 0 saturated heterocycles. The van der Waals surface area contributed by atoms with Crippen molar-refractivity contribution in [2.75, 3.05) is 5.75 Å². The Balaban J connectivity index is 5.69. The van der Waals surface area contributed by atoms with Crippen molar-refractivity contribution in [1.82, 2.24) is 0 Å². The molecule has 0 fully saturated rings. The number of hydrogen-bond donors (Lipinski definition) is 0. The number of ether oxygens (including phenoxy) is 1. The van der Waals surface area contributed by atoms with Crippen LogP contribution in [0.15, 0.2) is 4.52 Å². The second-order valence-electron chi connectivity index (χ2n) is 4.12. The van der Waals surface area contributed by atoms with Crippen molar-refractivity contribution in [2.45, 2.75) is 36.7 Å². The van der Waals surface area contributed by atoms with Gasteiger partial charge in [0.2, 0.25) is 10.0 Å². The van der Waals surface area contributed by atoms with Crippen LogP contribution < -0.4 is 0 Å². The first-order chi connectivity index (χ1) is 10.7. The third kappa shape index (κ3) is 5.21. The minimum absolute atomic E-state index is 1.61. The second-order valence-corrected chi connectivity index (χ2v) is 5.86. The van der Waals surface area contributed by atoms with E-state index in [-0.39, 0.29) is 0 Å². The summed E-state index contributed by atoms with van der Waals surface area (Å²) in [6.07, 6.45) is -23.8. The molecule has 0 aromatic heterocycles. The highest BCUT2D eigenvalue weighted by Crippen LogP contribution is 2.52. The molecule has 0 aromatic rings. The highest BCUT2D eigenvalue weighted by molar-refractivity contribution is 7.89. The molecule has 0 rings (SSSR count). The molecule has 0 radical (unpaired) electrons. The van der Waals surface area contributed by atoms with Gasteiger partial charge in [-0.05, 0) is 5.53 Å². The van der Waals surface area contributed by atoms with Crippen LogP contribution in [0, 0.1) is 0 Å². The molecular weight excluding hydrogens is 415 g/mol. The number of nitrogens with zero attached hydrogens (tertiary/aromatic N) is 3. The van der Waals surface area contributed by atoms with E-state index >= 15 is 0 Å². The standard InChI is InChI=1S/C7H4F11N3O3S/c8-3(9,1-2-25(22,23)21-20-19)7(17,18)24-4(10,5(11,12)13)6(14,15)16/h1-2H2. The van der Waals surface area contributed by atoms with Crippen LogP contribution in [0.3, 0.4) is 0 Å². The van der Waals surface area contributed by atoms with Gasteiger partial charge in [0.05, 0.1) is 5.75 Å². The van der Waals surface area contributed by atoms with E-state index < -0.39 is 52.4 Å². The molecular formula is C7H4F11N3O3S. The maximum Gasteiger partial charge on any atom is 0.458 e. The van der Waals surface area contributed by atoms with E-state index in [0.29, 0.717) is 0 Å². The van der Waals surface area contributed by atoms with Gasteiger partial charge in [-0.1, -0.05) is 0 Å². The molecule has 6 nitrogen and oxygen atoms in total. The first-order valence-electron chi connectivity index (χ1n) is 5.30. The van der Waals surface area contributed by atoms with Gasteiger partial charge in [0.15, 0.2) is 0 Å². The number of alkyl halides is 11. The molecule has 25 heavy (non-hydrogen) atoms. The Kier molecular flexibility index (Phi) is 6.23. The van der Waals surface area contributed by atoms with Crippen LogP contribution in [-0.4, -0.2) is 44.4 Å². The van der Waals surface area contributed by atoms with E-state index in [1.165, 1.54) is 0 Å². The summed E-state index contributed by atoms with van der Waals surface area (Å²) >= 11 is 0. The summed E-state index contributed by atoms with van der Waals surface area (Å²) in [6.45, 7) is 0. The van der Waals surface area contributed by atoms with E-state index in [0.717, 1.165) is 0 Å². The van der Waals surface area contributed by atoms with Gasteiger partial charge in [-0.2, -0.15) is 48.3 Å². The predicted molar refractivity (Wildman–Crippen MR) is 54.5 cm³/mol. The van der Waals surface area contributed by atoms with Crippen molar-refractivity contribution in [1.29, 1.82) is 0 Å². The maximum absolute atomic E-state index is 13.1. The quantitative estimate of drug-likeness (QED) is 0.270. The zero-order valence-electron chi connectivity index (χ0n) is 11.0. The lowest BCUT2D eigenvalue weighted by Crippen LogP contribution is -2.61. The Labute approximate surface area is 130 Å². The maximum atomic E-state index is 13.1. The Morgan fingerprint density at radius 3 is 1.60 bits per heavy atom. The number of sulfonamides is 1. The van der Waals surface area contributed by atoms with Crippen LogP contribution in [0.4, 0.5) is 48.3 Å². The normalized spacial score (nSPS) is 15.0. The van der Waals surface area contributed by atoms with Crippen molar-refractivity contribution in [3.05, 3.63) is 10.4 Å².